The Balaban J connectivity index is 1.62. The Hall–Kier alpha value is -1.64. The number of sulfonamides is 1. The molecule has 2 aliphatic heterocycles. The number of amides is 1. The van der Waals surface area contributed by atoms with Gasteiger partial charge in [0.2, 0.25) is 15.9 Å². The summed E-state index contributed by atoms with van der Waals surface area (Å²) in [6.07, 6.45) is 1.90. The Kier molecular flexibility index (Phi) is 6.95. The Morgan fingerprint density at radius 2 is 1.86 bits per heavy atom. The largest absolute Gasteiger partial charge is 0.378 e. The summed E-state index contributed by atoms with van der Waals surface area (Å²) in [6.45, 7) is 6.04. The summed E-state index contributed by atoms with van der Waals surface area (Å²) in [5.41, 5.74) is 2.20. The second kappa shape index (κ2) is 9.24. The monoisotopic (exact) mass is 409 g/mol. The summed E-state index contributed by atoms with van der Waals surface area (Å²) in [6, 6.07) is 7.66. The fourth-order valence-electron chi connectivity index (χ4n) is 3.94. The molecule has 0 aliphatic carbocycles. The number of nitrogens with zero attached hydrogens (tertiary/aromatic N) is 3. The van der Waals surface area contributed by atoms with Crippen molar-refractivity contribution in [2.24, 2.45) is 0 Å². The Bertz CT molecular complexity index is 760. The van der Waals surface area contributed by atoms with Gasteiger partial charge in [-0.3, -0.25) is 4.79 Å². The molecule has 2 saturated heterocycles. The highest BCUT2D eigenvalue weighted by molar-refractivity contribution is 7.89. The molecule has 0 radical (unpaired) electrons. The maximum atomic E-state index is 12.9. The highest BCUT2D eigenvalue weighted by atomic mass is 32.2. The summed E-state index contributed by atoms with van der Waals surface area (Å²) in [4.78, 5) is 16.9. The predicted octanol–water partition coefficient (Wildman–Crippen LogP) is 1.69. The lowest BCUT2D eigenvalue weighted by molar-refractivity contribution is -0.133. The number of hydrogen-bond donors (Lipinski definition) is 0. The van der Waals surface area contributed by atoms with Gasteiger partial charge in [0, 0.05) is 38.9 Å². The van der Waals surface area contributed by atoms with Crippen LogP contribution in [0.5, 0.6) is 0 Å². The van der Waals surface area contributed by atoms with Gasteiger partial charge in [-0.2, -0.15) is 4.31 Å². The predicted molar refractivity (Wildman–Crippen MR) is 110 cm³/mol. The number of anilines is 1. The van der Waals surface area contributed by atoms with Crippen LogP contribution in [0, 0.1) is 0 Å². The van der Waals surface area contributed by atoms with Crippen LogP contribution < -0.4 is 4.90 Å². The van der Waals surface area contributed by atoms with Crippen molar-refractivity contribution in [2.75, 3.05) is 50.5 Å². The van der Waals surface area contributed by atoms with E-state index in [1.54, 1.807) is 11.9 Å². The van der Waals surface area contributed by atoms with Crippen LogP contribution in [0.15, 0.2) is 24.3 Å². The highest BCUT2D eigenvalue weighted by Crippen LogP contribution is 2.24. The van der Waals surface area contributed by atoms with Gasteiger partial charge in [0.05, 0.1) is 19.0 Å². The molecule has 1 amide bonds. The molecule has 8 heteroatoms. The van der Waals surface area contributed by atoms with Gasteiger partial charge >= 0.3 is 0 Å². The molecule has 1 unspecified atom stereocenters. The maximum Gasteiger partial charge on any atom is 0.241 e. The smallest absolute Gasteiger partial charge is 0.241 e. The van der Waals surface area contributed by atoms with E-state index in [2.05, 4.69) is 17.0 Å². The van der Waals surface area contributed by atoms with Crippen LogP contribution in [0.4, 0.5) is 5.69 Å². The van der Waals surface area contributed by atoms with Gasteiger partial charge in [0.15, 0.2) is 0 Å². The molecule has 2 aliphatic rings. The molecule has 2 fully saturated rings. The standard InChI is InChI=1S/C20H31N3O4S/c1-3-15-28(25,26)23-10-4-5-19(23)20(24)21(2)16-17-6-8-18(9-7-17)22-11-13-27-14-12-22/h6-9,19H,3-5,10-16H2,1-2H3. The second-order valence-electron chi connectivity index (χ2n) is 7.54. The van der Waals surface area contributed by atoms with E-state index in [0.29, 0.717) is 25.9 Å². The summed E-state index contributed by atoms with van der Waals surface area (Å²) >= 11 is 0. The first-order valence-corrected chi connectivity index (χ1v) is 11.7. The van der Waals surface area contributed by atoms with Gasteiger partial charge in [-0.1, -0.05) is 19.1 Å². The number of benzene rings is 1. The lowest BCUT2D eigenvalue weighted by atomic mass is 10.1. The van der Waals surface area contributed by atoms with Crippen molar-refractivity contribution in [3.63, 3.8) is 0 Å². The fourth-order valence-corrected chi connectivity index (χ4v) is 5.68. The first kappa shape index (κ1) is 21.1. The highest BCUT2D eigenvalue weighted by Gasteiger charge is 2.39. The van der Waals surface area contributed by atoms with Crippen LogP contribution in [0.25, 0.3) is 0 Å². The van der Waals surface area contributed by atoms with Crippen molar-refractivity contribution in [2.45, 2.75) is 38.8 Å². The average Bonchev–Trinajstić information content (AvgIpc) is 3.19. The van der Waals surface area contributed by atoms with E-state index >= 15 is 0 Å². The Morgan fingerprint density at radius 3 is 2.50 bits per heavy atom. The van der Waals surface area contributed by atoms with Crippen molar-refractivity contribution in [3.05, 3.63) is 29.8 Å². The van der Waals surface area contributed by atoms with E-state index in [0.717, 1.165) is 44.0 Å². The van der Waals surface area contributed by atoms with Crippen LogP contribution in [-0.2, 0) is 26.1 Å². The summed E-state index contributed by atoms with van der Waals surface area (Å²) in [5, 5.41) is 0. The number of morpholine rings is 1. The normalized spacial score (nSPS) is 21.1. The molecule has 0 aromatic heterocycles. The van der Waals surface area contributed by atoms with Crippen LogP contribution in [-0.4, -0.2) is 75.2 Å². The molecular weight excluding hydrogens is 378 g/mol. The molecule has 1 aromatic rings. The molecule has 1 atom stereocenters. The molecule has 28 heavy (non-hydrogen) atoms. The Labute approximate surface area is 168 Å². The van der Waals surface area contributed by atoms with Crippen LogP contribution in [0.1, 0.15) is 31.7 Å². The zero-order valence-corrected chi connectivity index (χ0v) is 17.7. The molecule has 1 aromatic carbocycles. The van der Waals surface area contributed by atoms with Crippen LogP contribution >= 0.6 is 0 Å². The number of likely N-dealkylation sites (N-methyl/N-ethyl adjacent to an activating group) is 1. The van der Waals surface area contributed by atoms with Gasteiger partial charge in [-0.25, -0.2) is 8.42 Å². The van der Waals surface area contributed by atoms with E-state index in [-0.39, 0.29) is 11.7 Å². The first-order valence-electron chi connectivity index (χ1n) is 10.1. The van der Waals surface area contributed by atoms with Crippen LogP contribution in [0.2, 0.25) is 0 Å². The number of hydrogen-bond acceptors (Lipinski definition) is 5. The maximum absolute atomic E-state index is 12.9. The van der Waals surface area contributed by atoms with Gasteiger partial charge in [0.1, 0.15) is 6.04 Å². The van der Waals surface area contributed by atoms with Crippen molar-refractivity contribution < 1.29 is 17.9 Å². The van der Waals surface area contributed by atoms with E-state index in [1.807, 2.05) is 19.1 Å². The third kappa shape index (κ3) is 4.85. The molecule has 0 spiro atoms. The molecule has 0 saturated carbocycles. The fraction of sp³-hybridized carbons (Fsp3) is 0.650. The minimum atomic E-state index is -3.36. The van der Waals surface area contributed by atoms with Gasteiger partial charge in [-0.15, -0.1) is 0 Å². The lowest BCUT2D eigenvalue weighted by Gasteiger charge is -2.29. The van der Waals surface area contributed by atoms with Crippen molar-refractivity contribution in [3.8, 4) is 0 Å². The van der Waals surface area contributed by atoms with Gasteiger partial charge < -0.3 is 14.5 Å². The Morgan fingerprint density at radius 1 is 1.18 bits per heavy atom. The zero-order valence-electron chi connectivity index (χ0n) is 16.8. The summed E-state index contributed by atoms with van der Waals surface area (Å²) in [5.74, 6) is -0.0156. The zero-order chi connectivity index (χ0) is 20.1. The van der Waals surface area contributed by atoms with E-state index in [1.165, 1.54) is 4.31 Å². The van der Waals surface area contributed by atoms with Crippen molar-refractivity contribution in [1.82, 2.24) is 9.21 Å². The number of ether oxygens (including phenoxy) is 1. The minimum absolute atomic E-state index is 0.101. The lowest BCUT2D eigenvalue weighted by Crippen LogP contribution is -2.46. The second-order valence-corrected chi connectivity index (χ2v) is 9.59. The molecule has 7 nitrogen and oxygen atoms in total. The van der Waals surface area contributed by atoms with Gasteiger partial charge in [0.25, 0.3) is 0 Å². The van der Waals surface area contributed by atoms with E-state index < -0.39 is 16.1 Å². The molecular formula is C20H31N3O4S. The first-order chi connectivity index (χ1) is 13.4. The number of carbonyl (C=O) groups is 1. The number of carbonyl (C=O) groups excluding carboxylic acids is 1. The van der Waals surface area contributed by atoms with Crippen molar-refractivity contribution >= 4 is 21.6 Å². The van der Waals surface area contributed by atoms with Gasteiger partial charge in [-0.05, 0) is 37.0 Å². The van der Waals surface area contributed by atoms with E-state index in [4.69, 9.17) is 4.74 Å². The third-order valence-corrected chi connectivity index (χ3v) is 7.49. The minimum Gasteiger partial charge on any atom is -0.378 e. The molecule has 2 heterocycles. The molecule has 3 rings (SSSR count). The summed E-state index contributed by atoms with van der Waals surface area (Å²) in [7, 11) is -1.61. The number of rotatable bonds is 7. The molecule has 0 bridgehead atoms. The summed E-state index contributed by atoms with van der Waals surface area (Å²) < 4.78 is 31.7. The SMILES string of the molecule is CCCS(=O)(=O)N1CCCC1C(=O)N(C)Cc1ccc(N2CCOCC2)cc1. The van der Waals surface area contributed by atoms with Crippen LogP contribution in [0.3, 0.4) is 0 Å². The molecule has 156 valence electrons. The van der Waals surface area contributed by atoms with E-state index in [9.17, 15) is 13.2 Å². The quantitative estimate of drug-likeness (QED) is 0.685. The topological polar surface area (TPSA) is 70.2 Å². The third-order valence-electron chi connectivity index (χ3n) is 5.42. The van der Waals surface area contributed by atoms with Crippen molar-refractivity contribution in [1.29, 1.82) is 0 Å². The average molecular weight is 410 g/mol. The molecule has 0 N–H and O–H groups in total.